The monoisotopic (exact) mass is 99.0 g/mol. The second-order valence-electron chi connectivity index (χ2n) is 0.854. The number of rotatable bonds is 1. The van der Waals surface area contributed by atoms with Crippen molar-refractivity contribution in [1.29, 1.82) is 0 Å². The molecule has 0 unspecified atom stereocenters. The average Bonchev–Trinajstić information content (AvgIpc) is 1.61. The van der Waals surface area contributed by atoms with Crippen LogP contribution in [0.2, 0.25) is 0 Å². The molecule has 0 fully saturated rings. The topological polar surface area (TPSA) is 0 Å². The van der Waals surface area contributed by atoms with Crippen molar-refractivity contribution in [1.82, 2.24) is 0 Å². The first kappa shape index (κ1) is 5.70. The van der Waals surface area contributed by atoms with Crippen LogP contribution in [0.25, 0.3) is 0 Å². The Balaban J connectivity index is 3.07. The molecule has 0 atom stereocenters. The van der Waals surface area contributed by atoms with Crippen LogP contribution in [0.4, 0.5) is 0 Å². The molecule has 0 spiro atoms. The van der Waals surface area contributed by atoms with Gasteiger partial charge in [0.2, 0.25) is 0 Å². The fourth-order valence-corrected chi connectivity index (χ4v) is 0.247. The molecule has 0 bridgehead atoms. The number of allylic oxidation sites excluding steroid dienone is 3. The van der Waals surface area contributed by atoms with Crippen LogP contribution in [0, 0.1) is 0 Å². The van der Waals surface area contributed by atoms with E-state index in [1.165, 1.54) is 0 Å². The molecule has 0 aliphatic heterocycles. The van der Waals surface area contributed by atoms with Gasteiger partial charge in [0.25, 0.3) is 0 Å². The van der Waals surface area contributed by atoms with Gasteiger partial charge in [0.15, 0.2) is 0 Å². The predicted molar refractivity (Wildman–Crippen MR) is 31.5 cm³/mol. The Kier molecular flexibility index (Phi) is 4.46. The summed E-state index contributed by atoms with van der Waals surface area (Å²) in [6, 6.07) is 0. The van der Waals surface area contributed by atoms with Crippen LogP contribution in [0.15, 0.2) is 23.6 Å². The maximum absolute atomic E-state index is 4.49. The van der Waals surface area contributed by atoms with Crippen molar-refractivity contribution in [2.45, 2.75) is 6.92 Å². The van der Waals surface area contributed by atoms with E-state index in [2.05, 4.69) is 12.6 Å². The fourth-order valence-electron chi connectivity index (χ4n) is 0.156. The Bertz CT molecular complexity index is 52.3. The van der Waals surface area contributed by atoms with Crippen LogP contribution in [-0.4, -0.2) is 0 Å². The summed E-state index contributed by atoms with van der Waals surface area (Å²) >= 11 is 4.49. The molecule has 0 amide bonds. The summed E-state index contributed by atoms with van der Waals surface area (Å²) in [6.07, 6.45) is 5.64. The van der Waals surface area contributed by atoms with Crippen LogP contribution in [-0.2, 0) is 0 Å². The Labute approximate surface area is 44.0 Å². The highest BCUT2D eigenvalue weighted by molar-refractivity contribution is 7.83. The zero-order valence-electron chi connectivity index (χ0n) is 3.72. The number of hydrogen-bond donors (Lipinski definition) is 0. The van der Waals surface area contributed by atoms with E-state index in [-0.39, 0.29) is 0 Å². The van der Waals surface area contributed by atoms with Gasteiger partial charge in [-0.05, 0) is 6.92 Å². The minimum absolute atomic E-state index is 1.58. The van der Waals surface area contributed by atoms with Crippen LogP contribution < -0.4 is 0 Å². The third-order valence-corrected chi connectivity index (χ3v) is 0.539. The lowest BCUT2D eigenvalue weighted by Gasteiger charge is -1.61. The molecule has 33 valence electrons. The van der Waals surface area contributed by atoms with Gasteiger partial charge in [0.1, 0.15) is 0 Å². The first-order valence-corrected chi connectivity index (χ1v) is 2.28. The van der Waals surface area contributed by atoms with Gasteiger partial charge in [-0.2, -0.15) is 0 Å². The highest BCUT2D eigenvalue weighted by Crippen LogP contribution is 1.77. The molecular formula is C5H7S. The molecule has 0 aromatic heterocycles. The Morgan fingerprint density at radius 1 is 1.33 bits per heavy atom. The summed E-state index contributed by atoms with van der Waals surface area (Å²) in [5, 5.41) is 1.58. The molecular weight excluding hydrogens is 92.1 g/mol. The van der Waals surface area contributed by atoms with Crippen LogP contribution in [0.3, 0.4) is 0 Å². The standard InChI is InChI=1S/C5H7S/c1-2-3-4-5-6/h2-5H,1H3/b3-2+,5-4+. The highest BCUT2D eigenvalue weighted by Gasteiger charge is 1.50. The molecule has 0 nitrogen and oxygen atoms in total. The van der Waals surface area contributed by atoms with Gasteiger partial charge in [0.05, 0.1) is 0 Å². The Hall–Kier alpha value is -0.300. The summed E-state index contributed by atoms with van der Waals surface area (Å²) < 4.78 is 0. The largest absolute Gasteiger partial charge is 0.0887 e. The molecule has 0 saturated heterocycles. The van der Waals surface area contributed by atoms with E-state index >= 15 is 0 Å². The van der Waals surface area contributed by atoms with Gasteiger partial charge in [0, 0.05) is 5.41 Å². The van der Waals surface area contributed by atoms with Crippen molar-refractivity contribution in [3.05, 3.63) is 23.6 Å². The van der Waals surface area contributed by atoms with E-state index in [0.29, 0.717) is 0 Å². The zero-order valence-corrected chi connectivity index (χ0v) is 4.53. The Morgan fingerprint density at radius 3 is 2.17 bits per heavy atom. The van der Waals surface area contributed by atoms with E-state index in [1.54, 1.807) is 5.41 Å². The van der Waals surface area contributed by atoms with Gasteiger partial charge in [-0.1, -0.05) is 30.9 Å². The van der Waals surface area contributed by atoms with Crippen molar-refractivity contribution in [2.75, 3.05) is 0 Å². The summed E-state index contributed by atoms with van der Waals surface area (Å²) in [5.41, 5.74) is 0. The quantitative estimate of drug-likeness (QED) is 0.442. The Morgan fingerprint density at radius 2 is 2.00 bits per heavy atom. The molecule has 1 radical (unpaired) electrons. The highest BCUT2D eigenvalue weighted by atomic mass is 32.1. The summed E-state index contributed by atoms with van der Waals surface area (Å²) in [4.78, 5) is 0. The normalized spacial score (nSPS) is 11.5. The molecule has 0 heterocycles. The molecule has 0 aromatic rings. The average molecular weight is 99.2 g/mol. The predicted octanol–water partition coefficient (Wildman–Crippen LogP) is 2.27. The molecule has 0 rings (SSSR count). The molecule has 0 aliphatic carbocycles. The first-order valence-electron chi connectivity index (χ1n) is 1.81. The van der Waals surface area contributed by atoms with Crippen LogP contribution >= 0.6 is 12.6 Å². The van der Waals surface area contributed by atoms with Crippen molar-refractivity contribution < 1.29 is 0 Å². The second-order valence-corrected chi connectivity index (χ2v) is 1.13. The summed E-state index contributed by atoms with van der Waals surface area (Å²) in [6.45, 7) is 1.95. The maximum Gasteiger partial charge on any atom is 0.00134 e. The van der Waals surface area contributed by atoms with E-state index in [0.717, 1.165) is 0 Å². The molecule has 0 aromatic carbocycles. The van der Waals surface area contributed by atoms with Gasteiger partial charge >= 0.3 is 0 Å². The van der Waals surface area contributed by atoms with Gasteiger partial charge < -0.3 is 0 Å². The summed E-state index contributed by atoms with van der Waals surface area (Å²) in [7, 11) is 0. The zero-order chi connectivity index (χ0) is 4.83. The molecule has 0 N–H and O–H groups in total. The van der Waals surface area contributed by atoms with Crippen LogP contribution in [0.5, 0.6) is 0 Å². The second kappa shape index (κ2) is 4.70. The summed E-state index contributed by atoms with van der Waals surface area (Å²) in [5.74, 6) is 0. The van der Waals surface area contributed by atoms with E-state index in [1.807, 2.05) is 25.2 Å². The van der Waals surface area contributed by atoms with Crippen molar-refractivity contribution in [3.63, 3.8) is 0 Å². The van der Waals surface area contributed by atoms with Crippen molar-refractivity contribution in [2.24, 2.45) is 0 Å². The van der Waals surface area contributed by atoms with E-state index in [9.17, 15) is 0 Å². The number of hydrogen-bond acceptors (Lipinski definition) is 0. The van der Waals surface area contributed by atoms with Gasteiger partial charge in [-0.3, -0.25) is 0 Å². The SMILES string of the molecule is C/C=C/C=C/[S]. The third-order valence-electron chi connectivity index (χ3n) is 0.382. The third kappa shape index (κ3) is 3.70. The molecule has 1 heteroatoms. The van der Waals surface area contributed by atoms with E-state index < -0.39 is 0 Å². The van der Waals surface area contributed by atoms with E-state index in [4.69, 9.17) is 0 Å². The minimum Gasteiger partial charge on any atom is -0.0887 e. The van der Waals surface area contributed by atoms with Gasteiger partial charge in [-0.25, -0.2) is 0 Å². The first-order chi connectivity index (χ1) is 2.91. The lowest BCUT2D eigenvalue weighted by Crippen LogP contribution is -1.37. The molecule has 6 heavy (non-hydrogen) atoms. The lowest BCUT2D eigenvalue weighted by atomic mass is 10.5. The molecule has 0 saturated carbocycles. The van der Waals surface area contributed by atoms with Crippen molar-refractivity contribution >= 4 is 12.6 Å². The van der Waals surface area contributed by atoms with Gasteiger partial charge in [-0.15, -0.1) is 0 Å². The van der Waals surface area contributed by atoms with Crippen LogP contribution in [0.1, 0.15) is 6.92 Å². The lowest BCUT2D eigenvalue weighted by molar-refractivity contribution is 1.74. The molecule has 0 aliphatic rings. The smallest absolute Gasteiger partial charge is 0.00134 e. The minimum atomic E-state index is 1.58. The maximum atomic E-state index is 4.49. The fraction of sp³-hybridized carbons (Fsp3) is 0.200. The van der Waals surface area contributed by atoms with Crippen molar-refractivity contribution in [3.8, 4) is 0 Å².